The summed E-state index contributed by atoms with van der Waals surface area (Å²) in [7, 11) is 0. The molecule has 88 valence electrons. The number of benzene rings is 1. The van der Waals surface area contributed by atoms with Crippen LogP contribution in [0, 0.1) is 5.41 Å². The molecule has 0 bridgehead atoms. The van der Waals surface area contributed by atoms with Crippen molar-refractivity contribution >= 4 is 5.84 Å². The van der Waals surface area contributed by atoms with Gasteiger partial charge in [0.15, 0.2) is 0 Å². The molecule has 0 heterocycles. The van der Waals surface area contributed by atoms with E-state index < -0.39 is 0 Å². The highest BCUT2D eigenvalue weighted by Crippen LogP contribution is 2.09. The van der Waals surface area contributed by atoms with Crippen LogP contribution < -0.4 is 5.73 Å². The Labute approximate surface area is 97.8 Å². The van der Waals surface area contributed by atoms with Gasteiger partial charge < -0.3 is 5.73 Å². The summed E-state index contributed by atoms with van der Waals surface area (Å²) in [4.78, 5) is 2.39. The molecule has 0 aliphatic heterocycles. The van der Waals surface area contributed by atoms with E-state index in [1.807, 2.05) is 24.3 Å². The van der Waals surface area contributed by atoms with Crippen LogP contribution in [-0.2, 0) is 6.54 Å². The Bertz CT molecular complexity index is 341. The van der Waals surface area contributed by atoms with Crippen LogP contribution in [0.4, 0.5) is 0 Å². The Morgan fingerprint density at radius 1 is 1.31 bits per heavy atom. The van der Waals surface area contributed by atoms with Crippen molar-refractivity contribution in [3.05, 3.63) is 35.4 Å². The van der Waals surface area contributed by atoms with Crippen molar-refractivity contribution < 1.29 is 0 Å². The zero-order chi connectivity index (χ0) is 12.1. The first-order chi connectivity index (χ1) is 7.54. The number of nitrogens with one attached hydrogen (secondary N) is 1. The van der Waals surface area contributed by atoms with Crippen molar-refractivity contribution in [2.24, 2.45) is 5.73 Å². The minimum absolute atomic E-state index is 0.128. The van der Waals surface area contributed by atoms with E-state index in [1.54, 1.807) is 0 Å². The average Bonchev–Trinajstić information content (AvgIpc) is 2.26. The topological polar surface area (TPSA) is 53.1 Å². The molecule has 0 spiro atoms. The molecule has 0 saturated heterocycles. The van der Waals surface area contributed by atoms with E-state index in [1.165, 1.54) is 5.56 Å². The van der Waals surface area contributed by atoms with Crippen LogP contribution in [0.5, 0.6) is 0 Å². The van der Waals surface area contributed by atoms with E-state index in [9.17, 15) is 0 Å². The van der Waals surface area contributed by atoms with E-state index in [-0.39, 0.29) is 5.84 Å². The second-order valence-corrected chi connectivity index (χ2v) is 4.27. The lowest BCUT2D eigenvalue weighted by atomic mass is 10.1. The third-order valence-electron chi connectivity index (χ3n) is 2.79. The average molecular weight is 219 g/mol. The molecule has 0 aromatic heterocycles. The summed E-state index contributed by atoms with van der Waals surface area (Å²) in [5, 5.41) is 7.32. The van der Waals surface area contributed by atoms with Gasteiger partial charge in [0.2, 0.25) is 0 Å². The van der Waals surface area contributed by atoms with Crippen molar-refractivity contribution in [3.8, 4) is 0 Å². The van der Waals surface area contributed by atoms with Gasteiger partial charge >= 0.3 is 0 Å². The molecule has 3 nitrogen and oxygen atoms in total. The van der Waals surface area contributed by atoms with Crippen LogP contribution in [-0.4, -0.2) is 23.3 Å². The van der Waals surface area contributed by atoms with Crippen molar-refractivity contribution in [2.45, 2.75) is 33.4 Å². The van der Waals surface area contributed by atoms with Crippen LogP contribution in [0.25, 0.3) is 0 Å². The Morgan fingerprint density at radius 3 is 2.25 bits per heavy atom. The zero-order valence-electron chi connectivity index (χ0n) is 10.3. The molecule has 16 heavy (non-hydrogen) atoms. The van der Waals surface area contributed by atoms with Crippen LogP contribution in [0.2, 0.25) is 0 Å². The molecule has 0 atom stereocenters. The number of hydrogen-bond acceptors (Lipinski definition) is 2. The van der Waals surface area contributed by atoms with Gasteiger partial charge in [0, 0.05) is 18.2 Å². The van der Waals surface area contributed by atoms with Crippen molar-refractivity contribution in [1.29, 1.82) is 5.41 Å². The quantitative estimate of drug-likeness (QED) is 0.589. The summed E-state index contributed by atoms with van der Waals surface area (Å²) in [6.07, 6.45) is 0. The maximum atomic E-state index is 7.32. The van der Waals surface area contributed by atoms with Crippen LogP contribution in [0.15, 0.2) is 24.3 Å². The molecule has 0 aliphatic rings. The molecule has 0 radical (unpaired) electrons. The lowest BCUT2D eigenvalue weighted by Crippen LogP contribution is -2.29. The number of nitrogens with zero attached hydrogens (tertiary/aromatic N) is 1. The largest absolute Gasteiger partial charge is 0.384 e. The lowest BCUT2D eigenvalue weighted by molar-refractivity contribution is 0.225. The molecule has 0 unspecified atom stereocenters. The number of amidine groups is 1. The van der Waals surface area contributed by atoms with Gasteiger partial charge in [-0.05, 0) is 26.0 Å². The summed E-state index contributed by atoms with van der Waals surface area (Å²) < 4.78 is 0. The molecular weight excluding hydrogens is 198 g/mol. The normalized spacial score (nSPS) is 11.1. The standard InChI is InChI=1S/C13H21N3/c1-4-16(10(2)3)9-11-5-7-12(8-6-11)13(14)15/h5-8,10H,4,9H2,1-3H3,(H3,14,15). The first-order valence-electron chi connectivity index (χ1n) is 5.72. The Morgan fingerprint density at radius 2 is 1.88 bits per heavy atom. The molecule has 3 N–H and O–H groups in total. The second kappa shape index (κ2) is 5.66. The summed E-state index contributed by atoms with van der Waals surface area (Å²) in [5.41, 5.74) is 7.47. The molecule has 3 heteroatoms. The third kappa shape index (κ3) is 3.35. The van der Waals surface area contributed by atoms with Gasteiger partial charge in [-0.15, -0.1) is 0 Å². The van der Waals surface area contributed by atoms with Crippen molar-refractivity contribution in [2.75, 3.05) is 6.54 Å². The van der Waals surface area contributed by atoms with Crippen LogP contribution in [0.1, 0.15) is 31.9 Å². The number of hydrogen-bond donors (Lipinski definition) is 2. The first kappa shape index (κ1) is 12.7. The van der Waals surface area contributed by atoms with Gasteiger partial charge in [0.05, 0.1) is 0 Å². The minimum atomic E-state index is 0.128. The van der Waals surface area contributed by atoms with Gasteiger partial charge in [-0.25, -0.2) is 0 Å². The molecule has 1 aromatic carbocycles. The molecule has 1 aromatic rings. The van der Waals surface area contributed by atoms with Crippen LogP contribution in [0.3, 0.4) is 0 Å². The van der Waals surface area contributed by atoms with Crippen molar-refractivity contribution in [1.82, 2.24) is 4.90 Å². The van der Waals surface area contributed by atoms with Gasteiger partial charge in [-0.1, -0.05) is 31.2 Å². The molecule has 0 fully saturated rings. The molecule has 0 amide bonds. The van der Waals surface area contributed by atoms with E-state index in [2.05, 4.69) is 25.7 Å². The van der Waals surface area contributed by atoms with Gasteiger partial charge in [-0.3, -0.25) is 10.3 Å². The van der Waals surface area contributed by atoms with E-state index in [4.69, 9.17) is 11.1 Å². The SMILES string of the molecule is CCN(Cc1ccc(C(=N)N)cc1)C(C)C. The predicted molar refractivity (Wildman–Crippen MR) is 68.7 cm³/mol. The fourth-order valence-corrected chi connectivity index (χ4v) is 1.68. The molecule has 1 rings (SSSR count). The first-order valence-corrected chi connectivity index (χ1v) is 5.72. The Balaban J connectivity index is 2.71. The fraction of sp³-hybridized carbons (Fsp3) is 0.462. The summed E-state index contributed by atoms with van der Waals surface area (Å²) in [5.74, 6) is 0.128. The van der Waals surface area contributed by atoms with E-state index in [0.717, 1.165) is 18.7 Å². The van der Waals surface area contributed by atoms with E-state index >= 15 is 0 Å². The van der Waals surface area contributed by atoms with Gasteiger partial charge in [0.25, 0.3) is 0 Å². The molecule has 0 saturated carbocycles. The van der Waals surface area contributed by atoms with Crippen LogP contribution >= 0.6 is 0 Å². The monoisotopic (exact) mass is 219 g/mol. The highest BCUT2D eigenvalue weighted by molar-refractivity contribution is 5.94. The lowest BCUT2D eigenvalue weighted by Gasteiger charge is -2.24. The van der Waals surface area contributed by atoms with E-state index in [0.29, 0.717) is 6.04 Å². The zero-order valence-corrected chi connectivity index (χ0v) is 10.3. The maximum Gasteiger partial charge on any atom is 0.122 e. The second-order valence-electron chi connectivity index (χ2n) is 4.27. The number of nitrogen functional groups attached to an aromatic ring is 1. The van der Waals surface area contributed by atoms with Crippen molar-refractivity contribution in [3.63, 3.8) is 0 Å². The fourth-order valence-electron chi connectivity index (χ4n) is 1.68. The third-order valence-corrected chi connectivity index (χ3v) is 2.79. The highest BCUT2D eigenvalue weighted by atomic mass is 15.1. The summed E-state index contributed by atoms with van der Waals surface area (Å²) in [6, 6.07) is 8.46. The summed E-state index contributed by atoms with van der Waals surface area (Å²) >= 11 is 0. The Kier molecular flexibility index (Phi) is 4.50. The van der Waals surface area contributed by atoms with Gasteiger partial charge in [-0.2, -0.15) is 0 Å². The summed E-state index contributed by atoms with van der Waals surface area (Å²) in [6.45, 7) is 8.57. The Hall–Kier alpha value is -1.35. The highest BCUT2D eigenvalue weighted by Gasteiger charge is 2.07. The molecule has 0 aliphatic carbocycles. The maximum absolute atomic E-state index is 7.32. The molecular formula is C13H21N3. The minimum Gasteiger partial charge on any atom is -0.384 e. The number of rotatable bonds is 5. The smallest absolute Gasteiger partial charge is 0.122 e. The predicted octanol–water partition coefficient (Wildman–Crippen LogP) is 2.20. The number of nitrogens with two attached hydrogens (primary N) is 1. The van der Waals surface area contributed by atoms with Gasteiger partial charge in [0.1, 0.15) is 5.84 Å².